The summed E-state index contributed by atoms with van der Waals surface area (Å²) < 4.78 is 1.98. The molecule has 0 radical (unpaired) electrons. The van der Waals surface area contributed by atoms with Crippen molar-refractivity contribution in [1.82, 2.24) is 24.8 Å². The van der Waals surface area contributed by atoms with E-state index >= 15 is 0 Å². The van der Waals surface area contributed by atoms with Crippen molar-refractivity contribution in [3.05, 3.63) is 42.1 Å². The summed E-state index contributed by atoms with van der Waals surface area (Å²) in [7, 11) is 1.86. The van der Waals surface area contributed by atoms with E-state index in [1.165, 1.54) is 12.8 Å². The van der Waals surface area contributed by atoms with Crippen LogP contribution in [0.1, 0.15) is 38.1 Å². The van der Waals surface area contributed by atoms with Crippen LogP contribution in [0.5, 0.6) is 0 Å². The highest BCUT2D eigenvalue weighted by molar-refractivity contribution is 14.0. The average molecular weight is 482 g/mol. The molecule has 0 aliphatic carbocycles. The summed E-state index contributed by atoms with van der Waals surface area (Å²) in [6.45, 7) is 9.51. The second-order valence-electron chi connectivity index (χ2n) is 7.50. The summed E-state index contributed by atoms with van der Waals surface area (Å²) in [6.07, 6.45) is 8.20. The lowest BCUT2D eigenvalue weighted by molar-refractivity contribution is 0.403. The van der Waals surface area contributed by atoms with Crippen LogP contribution in [0.3, 0.4) is 0 Å². The largest absolute Gasteiger partial charge is 0.352 e. The van der Waals surface area contributed by atoms with Crippen molar-refractivity contribution in [3.8, 4) is 5.82 Å². The second-order valence-corrected chi connectivity index (χ2v) is 7.50. The van der Waals surface area contributed by atoms with Gasteiger partial charge in [-0.2, -0.15) is 0 Å². The van der Waals surface area contributed by atoms with Crippen LogP contribution in [0.25, 0.3) is 5.82 Å². The molecule has 1 aliphatic heterocycles. The summed E-state index contributed by atoms with van der Waals surface area (Å²) in [5.74, 6) is 4.37. The van der Waals surface area contributed by atoms with E-state index in [-0.39, 0.29) is 24.0 Å². The summed E-state index contributed by atoms with van der Waals surface area (Å²) in [5, 5.41) is 3.48. The van der Waals surface area contributed by atoms with Crippen molar-refractivity contribution in [2.75, 3.05) is 20.1 Å². The molecule has 1 saturated heterocycles. The quantitative estimate of drug-likeness (QED) is 0.402. The van der Waals surface area contributed by atoms with Crippen molar-refractivity contribution in [3.63, 3.8) is 0 Å². The Morgan fingerprint density at radius 1 is 1.33 bits per heavy atom. The number of halogens is 1. The Labute approximate surface area is 179 Å². The van der Waals surface area contributed by atoms with Gasteiger partial charge in [0.1, 0.15) is 11.6 Å². The van der Waals surface area contributed by atoms with E-state index in [0.29, 0.717) is 0 Å². The minimum atomic E-state index is 0. The highest BCUT2D eigenvalue weighted by atomic mass is 127. The van der Waals surface area contributed by atoms with Gasteiger partial charge in [-0.3, -0.25) is 9.56 Å². The molecule has 0 saturated carbocycles. The molecule has 0 amide bonds. The van der Waals surface area contributed by atoms with E-state index in [4.69, 9.17) is 0 Å². The maximum atomic E-state index is 4.56. The number of pyridine rings is 1. The molecule has 2 aromatic rings. The molecule has 1 atom stereocenters. The topological polar surface area (TPSA) is 58.3 Å². The summed E-state index contributed by atoms with van der Waals surface area (Å²) >= 11 is 0. The van der Waals surface area contributed by atoms with Gasteiger partial charge in [-0.1, -0.05) is 19.9 Å². The Morgan fingerprint density at radius 3 is 2.74 bits per heavy atom. The van der Waals surface area contributed by atoms with E-state index in [2.05, 4.69) is 45.1 Å². The van der Waals surface area contributed by atoms with Gasteiger partial charge in [0.15, 0.2) is 5.96 Å². The van der Waals surface area contributed by atoms with Gasteiger partial charge in [0, 0.05) is 45.3 Å². The first kappa shape index (κ1) is 21.7. The van der Waals surface area contributed by atoms with Crippen molar-refractivity contribution in [2.45, 2.75) is 40.2 Å². The maximum absolute atomic E-state index is 4.56. The van der Waals surface area contributed by atoms with E-state index < -0.39 is 0 Å². The number of nitrogens with one attached hydrogen (secondary N) is 1. The Hall–Kier alpha value is -1.64. The highest BCUT2D eigenvalue weighted by Crippen LogP contribution is 2.23. The smallest absolute Gasteiger partial charge is 0.193 e. The van der Waals surface area contributed by atoms with Crippen LogP contribution in [-0.2, 0) is 6.54 Å². The number of aromatic nitrogens is 3. The Morgan fingerprint density at radius 2 is 2.15 bits per heavy atom. The van der Waals surface area contributed by atoms with Crippen LogP contribution in [0, 0.1) is 18.8 Å². The molecule has 7 heteroatoms. The average Bonchev–Trinajstić information content (AvgIpc) is 3.25. The number of hydrogen-bond donors (Lipinski definition) is 1. The van der Waals surface area contributed by atoms with Gasteiger partial charge in [-0.15, -0.1) is 24.0 Å². The Kier molecular flexibility index (Phi) is 8.07. The van der Waals surface area contributed by atoms with Gasteiger partial charge >= 0.3 is 0 Å². The first-order valence-electron chi connectivity index (χ1n) is 9.47. The summed E-state index contributed by atoms with van der Waals surface area (Å²) in [5.41, 5.74) is 1.14. The number of guanidine groups is 1. The fraction of sp³-hybridized carbons (Fsp3) is 0.550. The molecule has 1 aliphatic rings. The monoisotopic (exact) mass is 482 g/mol. The molecule has 2 aromatic heterocycles. The fourth-order valence-electron chi connectivity index (χ4n) is 3.68. The second kappa shape index (κ2) is 10.1. The molecule has 6 nitrogen and oxygen atoms in total. The van der Waals surface area contributed by atoms with Gasteiger partial charge in [0.25, 0.3) is 0 Å². The van der Waals surface area contributed by atoms with E-state index in [1.807, 2.05) is 37.0 Å². The van der Waals surface area contributed by atoms with Crippen LogP contribution in [0.2, 0.25) is 0 Å². The zero-order chi connectivity index (χ0) is 18.5. The number of aryl methyl sites for hydroxylation is 1. The first-order chi connectivity index (χ1) is 12.6. The summed E-state index contributed by atoms with van der Waals surface area (Å²) in [4.78, 5) is 15.6. The maximum Gasteiger partial charge on any atom is 0.193 e. The zero-order valence-electron chi connectivity index (χ0n) is 16.7. The van der Waals surface area contributed by atoms with Crippen molar-refractivity contribution >= 4 is 29.9 Å². The molecule has 3 rings (SSSR count). The normalized spacial score (nSPS) is 17.3. The van der Waals surface area contributed by atoms with Crippen molar-refractivity contribution in [2.24, 2.45) is 16.8 Å². The molecule has 148 valence electrons. The molecular weight excluding hydrogens is 451 g/mol. The number of imidazole rings is 1. The van der Waals surface area contributed by atoms with Crippen LogP contribution < -0.4 is 5.32 Å². The Balaban J connectivity index is 0.00000261. The first-order valence-corrected chi connectivity index (χ1v) is 9.47. The van der Waals surface area contributed by atoms with Crippen molar-refractivity contribution < 1.29 is 0 Å². The molecule has 1 unspecified atom stereocenters. The molecule has 1 N–H and O–H groups in total. The molecule has 27 heavy (non-hydrogen) atoms. The van der Waals surface area contributed by atoms with Gasteiger partial charge in [0.05, 0.1) is 0 Å². The minimum Gasteiger partial charge on any atom is -0.352 e. The molecule has 3 heterocycles. The third-order valence-electron chi connectivity index (χ3n) is 4.93. The number of likely N-dealkylation sites (tertiary alicyclic amines) is 1. The minimum absolute atomic E-state index is 0. The lowest BCUT2D eigenvalue weighted by Gasteiger charge is -2.22. The molecule has 0 aromatic carbocycles. The van der Waals surface area contributed by atoms with Crippen LogP contribution in [0.15, 0.2) is 35.7 Å². The van der Waals surface area contributed by atoms with Gasteiger partial charge in [-0.05, 0) is 43.2 Å². The molecule has 0 bridgehead atoms. The van der Waals surface area contributed by atoms with Crippen molar-refractivity contribution in [1.29, 1.82) is 0 Å². The van der Waals surface area contributed by atoms with Gasteiger partial charge in [-0.25, -0.2) is 9.97 Å². The van der Waals surface area contributed by atoms with Crippen LogP contribution >= 0.6 is 24.0 Å². The molecular formula is C20H31IN6. The Bertz CT molecular complexity index is 737. The van der Waals surface area contributed by atoms with E-state index in [0.717, 1.165) is 54.6 Å². The lowest BCUT2D eigenvalue weighted by Crippen LogP contribution is -2.39. The number of nitrogens with zero attached hydrogens (tertiary/aromatic N) is 5. The zero-order valence-corrected chi connectivity index (χ0v) is 19.1. The highest BCUT2D eigenvalue weighted by Gasteiger charge is 2.25. The SMILES string of the molecule is CN=C(NCc1ccc(-n2ccnc2C)nc1)N1CCC(CC(C)C)C1.I. The number of aliphatic imine (C=N–C) groups is 1. The predicted molar refractivity (Wildman–Crippen MR) is 121 cm³/mol. The molecule has 0 spiro atoms. The third-order valence-corrected chi connectivity index (χ3v) is 4.93. The van der Waals surface area contributed by atoms with Gasteiger partial charge < -0.3 is 10.2 Å². The van der Waals surface area contributed by atoms with Crippen LogP contribution in [-0.4, -0.2) is 45.5 Å². The van der Waals surface area contributed by atoms with Crippen LogP contribution in [0.4, 0.5) is 0 Å². The predicted octanol–water partition coefficient (Wildman–Crippen LogP) is 3.64. The summed E-state index contributed by atoms with van der Waals surface area (Å²) in [6, 6.07) is 4.14. The molecule has 1 fully saturated rings. The fourth-order valence-corrected chi connectivity index (χ4v) is 3.68. The van der Waals surface area contributed by atoms with E-state index in [9.17, 15) is 0 Å². The lowest BCUT2D eigenvalue weighted by atomic mass is 9.97. The van der Waals surface area contributed by atoms with E-state index in [1.54, 1.807) is 6.20 Å². The van der Waals surface area contributed by atoms with Gasteiger partial charge in [0.2, 0.25) is 0 Å². The number of rotatable bonds is 5. The third kappa shape index (κ3) is 5.67. The standard InChI is InChI=1S/C20H30N6.HI/c1-15(2)11-17-7-9-25(14-17)20(21-4)24-13-18-5-6-19(23-12-18)26-10-8-22-16(26)3;/h5-6,8,10,12,15,17H,7,9,11,13-14H2,1-4H3,(H,21,24);1H. The number of hydrogen-bond acceptors (Lipinski definition) is 3.